The summed E-state index contributed by atoms with van der Waals surface area (Å²) in [6, 6.07) is 17.3. The van der Waals surface area contributed by atoms with Gasteiger partial charge in [-0.1, -0.05) is 41.4 Å². The van der Waals surface area contributed by atoms with E-state index in [0.717, 1.165) is 27.9 Å². The molecule has 1 aliphatic rings. The molecule has 4 rings (SSSR count). The van der Waals surface area contributed by atoms with Crippen molar-refractivity contribution in [1.82, 2.24) is 0 Å². The lowest BCUT2D eigenvalue weighted by atomic mass is 9.86. The molecule has 6 heteroatoms. The van der Waals surface area contributed by atoms with Gasteiger partial charge in [-0.05, 0) is 67.8 Å². The standard InChI is InChI=1S/C27H28ClNO4/c1-5-32-24-13-19-14-26(30)29(20-10-11-23(31-4)22(28)15-20)27(18-9-7-8-17(3)12-18)21(19)16-25(24)33-6-2/h7-13,15-16,27H,5-6,14H2,1-4H3. The number of hydrogen-bond acceptors (Lipinski definition) is 4. The van der Waals surface area contributed by atoms with Crippen molar-refractivity contribution in [1.29, 1.82) is 0 Å². The summed E-state index contributed by atoms with van der Waals surface area (Å²) >= 11 is 6.44. The van der Waals surface area contributed by atoms with E-state index in [1.165, 1.54) is 0 Å². The number of halogens is 1. The predicted octanol–water partition coefficient (Wildman–Crippen LogP) is 6.13. The highest BCUT2D eigenvalue weighted by atomic mass is 35.5. The van der Waals surface area contributed by atoms with Crippen LogP contribution >= 0.6 is 11.6 Å². The van der Waals surface area contributed by atoms with E-state index in [1.54, 1.807) is 19.2 Å². The third-order valence-corrected chi connectivity index (χ3v) is 6.04. The largest absolute Gasteiger partial charge is 0.495 e. The topological polar surface area (TPSA) is 48.0 Å². The molecule has 0 spiro atoms. The molecule has 0 bridgehead atoms. The molecule has 3 aromatic carbocycles. The van der Waals surface area contributed by atoms with Gasteiger partial charge in [-0.25, -0.2) is 0 Å². The van der Waals surface area contributed by atoms with Crippen LogP contribution in [-0.2, 0) is 11.2 Å². The molecule has 5 nitrogen and oxygen atoms in total. The molecule has 172 valence electrons. The van der Waals surface area contributed by atoms with Crippen molar-refractivity contribution < 1.29 is 19.0 Å². The molecule has 1 aliphatic heterocycles. The molecule has 1 unspecified atom stereocenters. The molecule has 0 fully saturated rings. The van der Waals surface area contributed by atoms with Crippen LogP contribution in [0.5, 0.6) is 17.2 Å². The number of fused-ring (bicyclic) bond motifs is 1. The molecular weight excluding hydrogens is 438 g/mol. The van der Waals surface area contributed by atoms with Crippen molar-refractivity contribution in [3.63, 3.8) is 0 Å². The monoisotopic (exact) mass is 465 g/mol. The number of methoxy groups -OCH3 is 1. The summed E-state index contributed by atoms with van der Waals surface area (Å²) in [7, 11) is 1.57. The number of ether oxygens (including phenoxy) is 3. The highest BCUT2D eigenvalue weighted by Gasteiger charge is 2.36. The number of amides is 1. The Morgan fingerprint density at radius 1 is 0.970 bits per heavy atom. The van der Waals surface area contributed by atoms with Crippen molar-refractivity contribution in [2.45, 2.75) is 33.2 Å². The summed E-state index contributed by atoms with van der Waals surface area (Å²) in [5, 5.41) is 0.457. The summed E-state index contributed by atoms with van der Waals surface area (Å²) in [6.45, 7) is 6.97. The smallest absolute Gasteiger partial charge is 0.232 e. The van der Waals surface area contributed by atoms with Crippen molar-refractivity contribution >= 4 is 23.2 Å². The van der Waals surface area contributed by atoms with E-state index >= 15 is 0 Å². The van der Waals surface area contributed by atoms with Crippen LogP contribution in [0.15, 0.2) is 54.6 Å². The number of carbonyl (C=O) groups excluding carboxylic acids is 1. The van der Waals surface area contributed by atoms with Gasteiger partial charge in [0, 0.05) is 5.69 Å². The maximum atomic E-state index is 13.6. The number of rotatable bonds is 7. The summed E-state index contributed by atoms with van der Waals surface area (Å²) in [5.74, 6) is 1.90. The minimum Gasteiger partial charge on any atom is -0.495 e. The summed E-state index contributed by atoms with van der Waals surface area (Å²) in [5.41, 5.74) is 4.81. The normalized spacial score (nSPS) is 15.2. The molecule has 0 aromatic heterocycles. The number of hydrogen-bond donors (Lipinski definition) is 0. The van der Waals surface area contributed by atoms with E-state index in [0.29, 0.717) is 35.5 Å². The van der Waals surface area contributed by atoms with E-state index in [-0.39, 0.29) is 18.4 Å². The Hall–Kier alpha value is -3.18. The third-order valence-electron chi connectivity index (χ3n) is 5.74. The molecule has 0 saturated heterocycles. The third kappa shape index (κ3) is 4.51. The molecule has 1 atom stereocenters. The first-order chi connectivity index (χ1) is 16.0. The lowest BCUT2D eigenvalue weighted by Gasteiger charge is -2.38. The van der Waals surface area contributed by atoms with Gasteiger partial charge in [0.15, 0.2) is 11.5 Å². The number of nitrogens with zero attached hydrogens (tertiary/aromatic N) is 1. The number of anilines is 1. The first-order valence-electron chi connectivity index (χ1n) is 11.1. The van der Waals surface area contributed by atoms with Gasteiger partial charge in [-0.15, -0.1) is 0 Å². The zero-order valence-corrected chi connectivity index (χ0v) is 20.1. The molecule has 33 heavy (non-hydrogen) atoms. The minimum absolute atomic E-state index is 0.0122. The average molecular weight is 466 g/mol. The Balaban J connectivity index is 1.93. The Kier molecular flexibility index (Phi) is 6.80. The van der Waals surface area contributed by atoms with Crippen molar-refractivity contribution in [2.24, 2.45) is 0 Å². The fraction of sp³-hybridized carbons (Fsp3) is 0.296. The highest BCUT2D eigenvalue weighted by Crippen LogP contribution is 2.44. The number of aryl methyl sites for hydroxylation is 1. The fourth-order valence-corrected chi connectivity index (χ4v) is 4.61. The highest BCUT2D eigenvalue weighted by molar-refractivity contribution is 6.32. The summed E-state index contributed by atoms with van der Waals surface area (Å²) < 4.78 is 17.0. The lowest BCUT2D eigenvalue weighted by molar-refractivity contribution is -0.118. The van der Waals surface area contributed by atoms with Crippen LogP contribution in [0.3, 0.4) is 0 Å². The van der Waals surface area contributed by atoms with E-state index in [4.69, 9.17) is 25.8 Å². The number of carbonyl (C=O) groups is 1. The van der Waals surface area contributed by atoms with Crippen molar-refractivity contribution in [3.05, 3.63) is 81.9 Å². The van der Waals surface area contributed by atoms with Gasteiger partial charge < -0.3 is 19.1 Å². The first kappa shape index (κ1) is 23.0. The van der Waals surface area contributed by atoms with Gasteiger partial charge in [0.25, 0.3) is 0 Å². The van der Waals surface area contributed by atoms with Crippen LogP contribution in [-0.4, -0.2) is 26.2 Å². The van der Waals surface area contributed by atoms with Crippen LogP contribution in [0.1, 0.15) is 42.1 Å². The Bertz CT molecular complexity index is 1180. The average Bonchev–Trinajstić information content (AvgIpc) is 2.79. The van der Waals surface area contributed by atoms with Gasteiger partial charge >= 0.3 is 0 Å². The SMILES string of the molecule is CCOc1cc2c(cc1OCC)C(c1cccc(C)c1)N(c1ccc(OC)c(Cl)c1)C(=O)C2. The maximum Gasteiger partial charge on any atom is 0.232 e. The minimum atomic E-state index is -0.333. The van der Waals surface area contributed by atoms with Crippen molar-refractivity contribution in [2.75, 3.05) is 25.2 Å². The molecule has 1 heterocycles. The van der Waals surface area contributed by atoms with Crippen LogP contribution in [0.4, 0.5) is 5.69 Å². The second kappa shape index (κ2) is 9.75. The maximum absolute atomic E-state index is 13.6. The second-order valence-corrected chi connectivity index (χ2v) is 8.35. The predicted molar refractivity (Wildman–Crippen MR) is 131 cm³/mol. The van der Waals surface area contributed by atoms with E-state index in [1.807, 2.05) is 56.0 Å². The van der Waals surface area contributed by atoms with Crippen LogP contribution in [0.25, 0.3) is 0 Å². The molecule has 0 N–H and O–H groups in total. The molecule has 3 aromatic rings. The zero-order chi connectivity index (χ0) is 23.5. The van der Waals surface area contributed by atoms with Gasteiger partial charge in [0.2, 0.25) is 5.91 Å². The first-order valence-corrected chi connectivity index (χ1v) is 11.5. The van der Waals surface area contributed by atoms with Gasteiger partial charge in [-0.3, -0.25) is 4.79 Å². The molecular formula is C27H28ClNO4. The Labute approximate surface area is 199 Å². The van der Waals surface area contributed by atoms with E-state index < -0.39 is 0 Å². The quantitative estimate of drug-likeness (QED) is 0.421. The van der Waals surface area contributed by atoms with Crippen molar-refractivity contribution in [3.8, 4) is 17.2 Å². The molecule has 1 amide bonds. The van der Waals surface area contributed by atoms with Crippen LogP contribution in [0, 0.1) is 6.92 Å². The molecule has 0 radical (unpaired) electrons. The molecule has 0 saturated carbocycles. The summed E-state index contributed by atoms with van der Waals surface area (Å²) in [4.78, 5) is 15.4. The van der Waals surface area contributed by atoms with Gasteiger partial charge in [0.1, 0.15) is 5.75 Å². The van der Waals surface area contributed by atoms with E-state index in [2.05, 4.69) is 12.1 Å². The number of benzene rings is 3. The van der Waals surface area contributed by atoms with Crippen LogP contribution < -0.4 is 19.1 Å². The van der Waals surface area contributed by atoms with E-state index in [9.17, 15) is 4.79 Å². The second-order valence-electron chi connectivity index (χ2n) is 7.94. The van der Waals surface area contributed by atoms with Gasteiger partial charge in [0.05, 0.1) is 37.8 Å². The van der Waals surface area contributed by atoms with Crippen LogP contribution in [0.2, 0.25) is 5.02 Å². The lowest BCUT2D eigenvalue weighted by Crippen LogP contribution is -2.41. The summed E-state index contributed by atoms with van der Waals surface area (Å²) in [6.07, 6.45) is 0.258. The molecule has 0 aliphatic carbocycles. The Morgan fingerprint density at radius 3 is 2.33 bits per heavy atom. The van der Waals surface area contributed by atoms with Gasteiger partial charge in [-0.2, -0.15) is 0 Å². The zero-order valence-electron chi connectivity index (χ0n) is 19.4. The fourth-order valence-electron chi connectivity index (χ4n) is 4.36. The Morgan fingerprint density at radius 2 is 1.70 bits per heavy atom.